The van der Waals surface area contributed by atoms with Crippen molar-refractivity contribution in [3.63, 3.8) is 0 Å². The van der Waals surface area contributed by atoms with Crippen LogP contribution in [0.15, 0.2) is 53.7 Å². The molecule has 5 nitrogen and oxygen atoms in total. The van der Waals surface area contributed by atoms with Gasteiger partial charge in [0.25, 0.3) is 0 Å². The van der Waals surface area contributed by atoms with Crippen molar-refractivity contribution in [3.05, 3.63) is 65.5 Å². The van der Waals surface area contributed by atoms with Gasteiger partial charge in [0.1, 0.15) is 5.84 Å². The van der Waals surface area contributed by atoms with Crippen molar-refractivity contribution in [2.45, 2.75) is 85.1 Å². The van der Waals surface area contributed by atoms with Crippen molar-refractivity contribution in [1.29, 1.82) is 5.41 Å². The summed E-state index contributed by atoms with van der Waals surface area (Å²) in [5.74, 6) is 2.00. The number of aromatic amines is 1. The summed E-state index contributed by atoms with van der Waals surface area (Å²) in [5.41, 5.74) is 8.61. The number of hydrogen-bond acceptors (Lipinski definition) is 3. The molecule has 2 aromatic rings. The number of nitrogens with one attached hydrogen (secondary N) is 3. The zero-order chi connectivity index (χ0) is 27.4. The van der Waals surface area contributed by atoms with Crippen molar-refractivity contribution in [2.75, 3.05) is 19.6 Å². The molecule has 204 valence electrons. The third kappa shape index (κ3) is 6.04. The van der Waals surface area contributed by atoms with Gasteiger partial charge in [-0.25, -0.2) is 4.99 Å². The number of H-pyrrole nitrogens is 1. The Balaban J connectivity index is 1.56. The van der Waals surface area contributed by atoms with Gasteiger partial charge in [-0.15, -0.1) is 0 Å². The SMILES string of the molecule is C=C([C@H]1NCCC1C)N1CCC(c2ccc3[nH]c(C(/C=C\C(CC)=NC(C)=N)=C/C)c(C(C)C)c3c2)CC1. The van der Waals surface area contributed by atoms with E-state index in [2.05, 4.69) is 97.8 Å². The molecule has 2 saturated heterocycles. The normalized spacial score (nSPS) is 21.8. The first kappa shape index (κ1) is 28.1. The first-order valence-electron chi connectivity index (χ1n) is 14.5. The summed E-state index contributed by atoms with van der Waals surface area (Å²) in [7, 11) is 0. The lowest BCUT2D eigenvalue weighted by molar-refractivity contribution is 0.239. The Morgan fingerprint density at radius 1 is 1.21 bits per heavy atom. The third-order valence-corrected chi connectivity index (χ3v) is 8.43. The Hall–Kier alpha value is -2.92. The molecule has 3 N–H and O–H groups in total. The van der Waals surface area contributed by atoms with Gasteiger partial charge in [-0.3, -0.25) is 5.41 Å². The van der Waals surface area contributed by atoms with Crippen LogP contribution in [0, 0.1) is 11.3 Å². The molecule has 38 heavy (non-hydrogen) atoms. The number of piperidine rings is 1. The van der Waals surface area contributed by atoms with E-state index in [4.69, 9.17) is 5.41 Å². The van der Waals surface area contributed by atoms with Crippen LogP contribution in [-0.4, -0.2) is 47.1 Å². The number of allylic oxidation sites excluding steroid dienone is 4. The van der Waals surface area contributed by atoms with E-state index < -0.39 is 0 Å². The van der Waals surface area contributed by atoms with Gasteiger partial charge in [0.2, 0.25) is 0 Å². The number of amidine groups is 1. The van der Waals surface area contributed by atoms with Crippen molar-refractivity contribution in [1.82, 2.24) is 15.2 Å². The second-order valence-corrected chi connectivity index (χ2v) is 11.4. The molecule has 4 rings (SSSR count). The van der Waals surface area contributed by atoms with Gasteiger partial charge in [0.05, 0.1) is 0 Å². The lowest BCUT2D eigenvalue weighted by atomic mass is 9.87. The van der Waals surface area contributed by atoms with Crippen LogP contribution in [0.5, 0.6) is 0 Å². The Labute approximate surface area is 229 Å². The summed E-state index contributed by atoms with van der Waals surface area (Å²) in [4.78, 5) is 10.6. The van der Waals surface area contributed by atoms with E-state index >= 15 is 0 Å². The molecule has 2 aliphatic heterocycles. The maximum atomic E-state index is 7.72. The third-order valence-electron chi connectivity index (χ3n) is 8.43. The maximum absolute atomic E-state index is 7.72. The monoisotopic (exact) mass is 513 g/mol. The first-order valence-corrected chi connectivity index (χ1v) is 14.5. The summed E-state index contributed by atoms with van der Waals surface area (Å²) in [5, 5.41) is 12.7. The van der Waals surface area contributed by atoms with E-state index in [-0.39, 0.29) is 0 Å². The topological polar surface area (TPSA) is 67.3 Å². The summed E-state index contributed by atoms with van der Waals surface area (Å²) < 4.78 is 0. The molecule has 1 aromatic heterocycles. The van der Waals surface area contributed by atoms with E-state index in [0.29, 0.717) is 29.6 Å². The molecule has 2 atom stereocenters. The fourth-order valence-electron chi connectivity index (χ4n) is 6.25. The number of aliphatic imine (C=N–C) groups is 1. The van der Waals surface area contributed by atoms with Crippen LogP contribution in [0.1, 0.15) is 95.9 Å². The largest absolute Gasteiger partial charge is 0.374 e. The highest BCUT2D eigenvalue weighted by molar-refractivity contribution is 6.04. The van der Waals surface area contributed by atoms with E-state index in [1.165, 1.54) is 52.7 Å². The minimum atomic E-state index is 0.342. The van der Waals surface area contributed by atoms with Gasteiger partial charge in [-0.05, 0) is 98.7 Å². The second kappa shape index (κ2) is 12.3. The number of benzene rings is 1. The van der Waals surface area contributed by atoms with Crippen LogP contribution in [0.3, 0.4) is 0 Å². The molecule has 5 heteroatoms. The van der Waals surface area contributed by atoms with Gasteiger partial charge in [-0.2, -0.15) is 0 Å². The number of aromatic nitrogens is 1. The van der Waals surface area contributed by atoms with E-state index in [9.17, 15) is 0 Å². The number of rotatable bonds is 8. The average Bonchev–Trinajstić information content (AvgIpc) is 3.50. The molecule has 2 fully saturated rings. The molecule has 2 aliphatic rings. The van der Waals surface area contributed by atoms with Crippen LogP contribution in [0.2, 0.25) is 0 Å². The van der Waals surface area contributed by atoms with E-state index in [1.54, 1.807) is 6.92 Å². The lowest BCUT2D eigenvalue weighted by Crippen LogP contribution is -2.41. The lowest BCUT2D eigenvalue weighted by Gasteiger charge is -2.38. The Morgan fingerprint density at radius 2 is 1.95 bits per heavy atom. The van der Waals surface area contributed by atoms with Crippen molar-refractivity contribution in [2.24, 2.45) is 10.9 Å². The number of likely N-dealkylation sites (tertiary alicyclic amines) is 1. The van der Waals surface area contributed by atoms with Crippen LogP contribution < -0.4 is 5.32 Å². The minimum absolute atomic E-state index is 0.342. The van der Waals surface area contributed by atoms with Gasteiger partial charge in [0, 0.05) is 47.1 Å². The van der Waals surface area contributed by atoms with Crippen LogP contribution in [0.4, 0.5) is 0 Å². The Morgan fingerprint density at radius 3 is 2.53 bits per heavy atom. The molecule has 0 spiro atoms. The zero-order valence-corrected chi connectivity index (χ0v) is 24.3. The second-order valence-electron chi connectivity index (χ2n) is 11.4. The summed E-state index contributed by atoms with van der Waals surface area (Å²) in [6.45, 7) is 20.6. The van der Waals surface area contributed by atoms with Crippen LogP contribution in [-0.2, 0) is 0 Å². The number of hydrogen-bond donors (Lipinski definition) is 3. The fourth-order valence-corrected chi connectivity index (χ4v) is 6.25. The van der Waals surface area contributed by atoms with Gasteiger partial charge >= 0.3 is 0 Å². The summed E-state index contributed by atoms with van der Waals surface area (Å²) in [6, 6.07) is 7.51. The minimum Gasteiger partial charge on any atom is -0.374 e. The maximum Gasteiger partial charge on any atom is 0.117 e. The molecule has 0 radical (unpaired) electrons. The molecule has 3 heterocycles. The highest BCUT2D eigenvalue weighted by atomic mass is 15.2. The Kier molecular flexibility index (Phi) is 9.09. The summed E-state index contributed by atoms with van der Waals surface area (Å²) in [6.07, 6.45) is 10.8. The molecular weight excluding hydrogens is 466 g/mol. The average molecular weight is 514 g/mol. The van der Waals surface area contributed by atoms with Crippen molar-refractivity contribution in [3.8, 4) is 0 Å². The quantitative estimate of drug-likeness (QED) is 0.192. The highest BCUT2D eigenvalue weighted by Gasteiger charge is 2.30. The van der Waals surface area contributed by atoms with Gasteiger partial charge in [-0.1, -0.05) is 52.5 Å². The van der Waals surface area contributed by atoms with E-state index in [0.717, 1.165) is 37.3 Å². The number of nitrogens with zero attached hydrogens (tertiary/aromatic N) is 2. The smallest absolute Gasteiger partial charge is 0.117 e. The zero-order valence-electron chi connectivity index (χ0n) is 24.3. The molecular formula is C33H47N5. The van der Waals surface area contributed by atoms with Gasteiger partial charge in [0.15, 0.2) is 0 Å². The molecule has 1 unspecified atom stereocenters. The van der Waals surface area contributed by atoms with Crippen molar-refractivity contribution < 1.29 is 0 Å². The molecule has 0 saturated carbocycles. The first-order chi connectivity index (χ1) is 18.2. The summed E-state index contributed by atoms with van der Waals surface area (Å²) >= 11 is 0. The highest BCUT2D eigenvalue weighted by Crippen LogP contribution is 2.38. The molecule has 1 aromatic carbocycles. The standard InChI is InChI=1S/C33H47N5/c1-8-25(10-12-28(9-2)36-24(7)34)33-31(21(3)4)29-20-27(11-13-30(29)37-33)26-15-18-38(19-16-26)23(6)32-22(5)14-17-35-32/h8,10-13,20-22,26,32,34-35,37H,6,9,14-19H2,1-5,7H3/b12-10-,25-8+,34-24?,36-28?/t22?,32-/m0/s1. The molecule has 0 bridgehead atoms. The van der Waals surface area contributed by atoms with Crippen LogP contribution in [0.25, 0.3) is 16.5 Å². The predicted molar refractivity (Wildman–Crippen MR) is 165 cm³/mol. The predicted octanol–water partition coefficient (Wildman–Crippen LogP) is 7.79. The van der Waals surface area contributed by atoms with Crippen LogP contribution >= 0.6 is 0 Å². The van der Waals surface area contributed by atoms with Gasteiger partial charge < -0.3 is 15.2 Å². The van der Waals surface area contributed by atoms with Crippen molar-refractivity contribution >= 4 is 28.0 Å². The Bertz CT molecular complexity index is 1250. The van der Waals surface area contributed by atoms with E-state index in [1.807, 2.05) is 0 Å². The fraction of sp³-hybridized carbons (Fsp3) is 0.515. The molecule has 0 aliphatic carbocycles. The number of fused-ring (bicyclic) bond motifs is 1. The molecule has 0 amide bonds.